The Labute approximate surface area is 118 Å². The van der Waals surface area contributed by atoms with Gasteiger partial charge in [0.2, 0.25) is 0 Å². The molecule has 0 radical (unpaired) electrons. The number of nitrogens with one attached hydrogen (secondary N) is 1. The van der Waals surface area contributed by atoms with Crippen molar-refractivity contribution in [2.75, 3.05) is 5.32 Å². The summed E-state index contributed by atoms with van der Waals surface area (Å²) in [6, 6.07) is 0. The number of thiazole rings is 2. The standard InChI is InChI=1S/C12H13N3O2S2/c1-6-9(18-5-14-6)4-13-12-15-10-7(11(16)17)2-3-8(10)19-12/h5,7H,2-4H2,1H3,(H,13,15)(H,16,17). The maximum atomic E-state index is 11.1. The highest BCUT2D eigenvalue weighted by Crippen LogP contribution is 2.38. The number of nitrogens with zero attached hydrogens (tertiary/aromatic N) is 2. The number of fused-ring (bicyclic) bond motifs is 1. The number of rotatable bonds is 4. The van der Waals surface area contributed by atoms with Crippen molar-refractivity contribution < 1.29 is 9.90 Å². The lowest BCUT2D eigenvalue weighted by atomic mass is 10.1. The van der Waals surface area contributed by atoms with Crippen LogP contribution in [0, 0.1) is 6.92 Å². The van der Waals surface area contributed by atoms with Crippen LogP contribution in [0.3, 0.4) is 0 Å². The molecular formula is C12H13N3O2S2. The normalized spacial score (nSPS) is 17.4. The largest absolute Gasteiger partial charge is 0.481 e. The van der Waals surface area contributed by atoms with Gasteiger partial charge in [-0.2, -0.15) is 0 Å². The van der Waals surface area contributed by atoms with E-state index >= 15 is 0 Å². The maximum Gasteiger partial charge on any atom is 0.312 e. The second-order valence-corrected chi connectivity index (χ2v) is 6.49. The van der Waals surface area contributed by atoms with Crippen LogP contribution in [0.4, 0.5) is 5.13 Å². The van der Waals surface area contributed by atoms with Crippen molar-refractivity contribution in [3.05, 3.63) is 26.7 Å². The van der Waals surface area contributed by atoms with E-state index in [1.807, 2.05) is 12.4 Å². The number of carboxylic acid groups (broad SMARTS) is 1. The molecule has 3 rings (SSSR count). The van der Waals surface area contributed by atoms with Gasteiger partial charge in [-0.05, 0) is 19.8 Å². The molecule has 0 aliphatic heterocycles. The molecule has 0 spiro atoms. The number of carbonyl (C=O) groups is 1. The molecule has 1 aliphatic rings. The van der Waals surface area contributed by atoms with Gasteiger partial charge in [-0.25, -0.2) is 9.97 Å². The first-order valence-corrected chi connectivity index (χ1v) is 7.70. The van der Waals surface area contributed by atoms with E-state index in [0.717, 1.165) is 27.8 Å². The monoisotopic (exact) mass is 295 g/mol. The van der Waals surface area contributed by atoms with Crippen molar-refractivity contribution in [3.63, 3.8) is 0 Å². The minimum Gasteiger partial charge on any atom is -0.481 e. The fourth-order valence-corrected chi connectivity index (χ4v) is 3.95. The van der Waals surface area contributed by atoms with Crippen molar-refractivity contribution in [1.29, 1.82) is 0 Å². The summed E-state index contributed by atoms with van der Waals surface area (Å²) in [6.07, 6.45) is 1.50. The van der Waals surface area contributed by atoms with Gasteiger partial charge in [0.25, 0.3) is 0 Å². The van der Waals surface area contributed by atoms with Gasteiger partial charge < -0.3 is 10.4 Å². The van der Waals surface area contributed by atoms with E-state index in [-0.39, 0.29) is 0 Å². The van der Waals surface area contributed by atoms with Gasteiger partial charge in [-0.3, -0.25) is 4.79 Å². The van der Waals surface area contributed by atoms with Gasteiger partial charge in [-0.1, -0.05) is 0 Å². The van der Waals surface area contributed by atoms with Crippen LogP contribution in [0.1, 0.15) is 33.5 Å². The molecule has 1 unspecified atom stereocenters. The first kappa shape index (κ1) is 12.6. The molecule has 0 fully saturated rings. The molecule has 2 heterocycles. The Balaban J connectivity index is 1.72. The maximum absolute atomic E-state index is 11.1. The molecule has 5 nitrogen and oxygen atoms in total. The van der Waals surface area contributed by atoms with Crippen LogP contribution in [-0.4, -0.2) is 21.0 Å². The highest BCUT2D eigenvalue weighted by molar-refractivity contribution is 7.15. The van der Waals surface area contributed by atoms with E-state index in [4.69, 9.17) is 5.11 Å². The van der Waals surface area contributed by atoms with E-state index in [0.29, 0.717) is 13.0 Å². The molecule has 0 aromatic carbocycles. The average molecular weight is 295 g/mol. The fourth-order valence-electron chi connectivity index (χ4n) is 2.19. The zero-order valence-electron chi connectivity index (χ0n) is 10.3. The Hall–Kier alpha value is -1.47. The molecule has 0 saturated carbocycles. The molecule has 0 saturated heterocycles. The molecule has 100 valence electrons. The van der Waals surface area contributed by atoms with Crippen LogP contribution in [0.5, 0.6) is 0 Å². The van der Waals surface area contributed by atoms with Gasteiger partial charge in [0.15, 0.2) is 5.13 Å². The number of aromatic nitrogens is 2. The molecule has 1 aliphatic carbocycles. The number of hydrogen-bond acceptors (Lipinski definition) is 6. The Kier molecular flexibility index (Phi) is 3.24. The number of anilines is 1. The number of aliphatic carboxylic acids is 1. The van der Waals surface area contributed by atoms with Gasteiger partial charge in [0, 0.05) is 9.75 Å². The SMILES string of the molecule is Cc1ncsc1CNc1nc2c(s1)CCC2C(=O)O. The lowest BCUT2D eigenvalue weighted by molar-refractivity contribution is -0.138. The summed E-state index contributed by atoms with van der Waals surface area (Å²) in [6.45, 7) is 2.68. The third-order valence-corrected chi connectivity index (χ3v) is 5.28. The number of aryl methyl sites for hydroxylation is 2. The third kappa shape index (κ3) is 2.35. The Bertz CT molecular complexity index is 620. The highest BCUT2D eigenvalue weighted by Gasteiger charge is 2.32. The van der Waals surface area contributed by atoms with Crippen molar-refractivity contribution >= 4 is 33.8 Å². The van der Waals surface area contributed by atoms with Crippen LogP contribution in [0.15, 0.2) is 5.51 Å². The number of carboxylic acids is 1. The second kappa shape index (κ2) is 4.90. The topological polar surface area (TPSA) is 75.1 Å². The van der Waals surface area contributed by atoms with Crippen molar-refractivity contribution in [2.24, 2.45) is 0 Å². The van der Waals surface area contributed by atoms with Crippen molar-refractivity contribution in [3.8, 4) is 0 Å². The van der Waals surface area contributed by atoms with E-state index in [1.165, 1.54) is 4.88 Å². The van der Waals surface area contributed by atoms with Gasteiger partial charge in [0.05, 0.1) is 23.4 Å². The summed E-state index contributed by atoms with van der Waals surface area (Å²) < 4.78 is 0. The predicted octanol–water partition coefficient (Wildman–Crippen LogP) is 2.63. The van der Waals surface area contributed by atoms with Crippen LogP contribution in [0.25, 0.3) is 0 Å². The quantitative estimate of drug-likeness (QED) is 0.907. The van der Waals surface area contributed by atoms with Crippen molar-refractivity contribution in [2.45, 2.75) is 32.2 Å². The smallest absolute Gasteiger partial charge is 0.312 e. The third-order valence-electron chi connectivity index (χ3n) is 3.26. The van der Waals surface area contributed by atoms with Crippen LogP contribution < -0.4 is 5.32 Å². The van der Waals surface area contributed by atoms with E-state index in [9.17, 15) is 4.79 Å². The molecule has 2 aromatic rings. The lowest BCUT2D eigenvalue weighted by Gasteiger charge is -2.03. The van der Waals surface area contributed by atoms with Gasteiger partial charge in [-0.15, -0.1) is 22.7 Å². The number of hydrogen-bond donors (Lipinski definition) is 2. The summed E-state index contributed by atoms with van der Waals surface area (Å²) in [5, 5.41) is 13.2. The van der Waals surface area contributed by atoms with Crippen LogP contribution in [-0.2, 0) is 17.8 Å². The van der Waals surface area contributed by atoms with E-state index in [2.05, 4.69) is 15.3 Å². The highest BCUT2D eigenvalue weighted by atomic mass is 32.1. The Morgan fingerprint density at radius 1 is 1.63 bits per heavy atom. The molecule has 2 aromatic heterocycles. The fraction of sp³-hybridized carbons (Fsp3) is 0.417. The zero-order chi connectivity index (χ0) is 13.4. The molecule has 0 bridgehead atoms. The molecule has 1 atom stereocenters. The second-order valence-electron chi connectivity index (χ2n) is 4.47. The summed E-state index contributed by atoms with van der Waals surface area (Å²) in [5.41, 5.74) is 3.61. The van der Waals surface area contributed by atoms with Crippen molar-refractivity contribution in [1.82, 2.24) is 9.97 Å². The van der Waals surface area contributed by atoms with Gasteiger partial charge in [0.1, 0.15) is 5.92 Å². The zero-order valence-corrected chi connectivity index (χ0v) is 12.0. The summed E-state index contributed by atoms with van der Waals surface area (Å²) in [5.74, 6) is -1.19. The average Bonchev–Trinajstić information content (AvgIpc) is 3.00. The minimum absolute atomic E-state index is 0.424. The first-order valence-electron chi connectivity index (χ1n) is 6.00. The Morgan fingerprint density at radius 3 is 3.16 bits per heavy atom. The van der Waals surface area contributed by atoms with E-state index < -0.39 is 11.9 Å². The summed E-state index contributed by atoms with van der Waals surface area (Å²) >= 11 is 3.18. The lowest BCUT2D eigenvalue weighted by Crippen LogP contribution is -2.09. The predicted molar refractivity (Wildman–Crippen MR) is 75.0 cm³/mol. The first-order chi connectivity index (χ1) is 9.15. The molecule has 0 amide bonds. The van der Waals surface area contributed by atoms with Crippen LogP contribution >= 0.6 is 22.7 Å². The minimum atomic E-state index is -0.770. The Morgan fingerprint density at radius 2 is 2.47 bits per heavy atom. The van der Waals surface area contributed by atoms with Gasteiger partial charge >= 0.3 is 5.97 Å². The summed E-state index contributed by atoms with van der Waals surface area (Å²) in [7, 11) is 0. The summed E-state index contributed by atoms with van der Waals surface area (Å²) in [4.78, 5) is 22.0. The van der Waals surface area contributed by atoms with Crippen LogP contribution in [0.2, 0.25) is 0 Å². The molecule has 19 heavy (non-hydrogen) atoms. The molecule has 2 N–H and O–H groups in total. The van der Waals surface area contributed by atoms with E-state index in [1.54, 1.807) is 22.7 Å². The molecule has 7 heteroatoms. The molecular weight excluding hydrogens is 282 g/mol.